The van der Waals surface area contributed by atoms with E-state index in [2.05, 4.69) is 15.9 Å². The van der Waals surface area contributed by atoms with Crippen LogP contribution in [0.3, 0.4) is 0 Å². The second-order valence-corrected chi connectivity index (χ2v) is 8.56. The van der Waals surface area contributed by atoms with Crippen molar-refractivity contribution in [3.63, 3.8) is 0 Å². The van der Waals surface area contributed by atoms with E-state index < -0.39 is 0 Å². The number of anilines is 2. The van der Waals surface area contributed by atoms with Crippen LogP contribution in [0.4, 0.5) is 24.5 Å². The van der Waals surface area contributed by atoms with Gasteiger partial charge in [-0.1, -0.05) is 24.3 Å². The minimum atomic E-state index is -0.257. The molecule has 2 aliphatic rings. The number of fused-ring (bicyclic) bond motifs is 3. The van der Waals surface area contributed by atoms with Crippen molar-refractivity contribution in [3.05, 3.63) is 101 Å². The van der Waals surface area contributed by atoms with E-state index in [-0.39, 0.29) is 41.8 Å². The zero-order valence-electron chi connectivity index (χ0n) is 18.1. The maximum Gasteiger partial charge on any atom is 0.123 e. The largest absolute Gasteiger partial charge is 0.337 e. The van der Waals surface area contributed by atoms with Crippen molar-refractivity contribution in [3.8, 4) is 0 Å². The molecule has 0 amide bonds. The highest BCUT2D eigenvalue weighted by molar-refractivity contribution is 5.85. The third-order valence-electron chi connectivity index (χ3n) is 6.54. The molecule has 5 rings (SSSR count). The van der Waals surface area contributed by atoms with Gasteiger partial charge in [-0.25, -0.2) is 13.2 Å². The third kappa shape index (κ3) is 4.94. The Hall–Kier alpha value is -2.76. The molecular weight excluding hydrogens is 445 g/mol. The summed E-state index contributed by atoms with van der Waals surface area (Å²) in [6.45, 7) is 2.74. The standard InChI is InChI=1S/C27H25F3N2.ClH/c28-20-6-4-19(5-7-20)3-1-2-15-31-16-14-27-25(18-31)24-17-22(30)10-13-26(24)32(27)23-11-8-21(29)9-12-23;/h1,3-13,17,25,27H,2,14-16,18H2;1H/b3-1+;. The van der Waals surface area contributed by atoms with Crippen molar-refractivity contribution < 1.29 is 13.2 Å². The Morgan fingerprint density at radius 3 is 2.24 bits per heavy atom. The van der Waals surface area contributed by atoms with Gasteiger partial charge in [-0.3, -0.25) is 0 Å². The second kappa shape index (κ2) is 10.0. The summed E-state index contributed by atoms with van der Waals surface area (Å²) in [5, 5.41) is 0. The molecule has 1 fully saturated rings. The Kier molecular flexibility index (Phi) is 7.11. The lowest BCUT2D eigenvalue weighted by atomic mass is 9.89. The minimum Gasteiger partial charge on any atom is -0.337 e. The van der Waals surface area contributed by atoms with E-state index in [1.165, 1.54) is 30.3 Å². The fourth-order valence-electron chi connectivity index (χ4n) is 5.03. The molecule has 3 aromatic carbocycles. The van der Waals surface area contributed by atoms with Crippen molar-refractivity contribution >= 4 is 29.9 Å². The molecule has 2 atom stereocenters. The number of halogens is 4. The highest BCUT2D eigenvalue weighted by Gasteiger charge is 2.42. The molecule has 33 heavy (non-hydrogen) atoms. The topological polar surface area (TPSA) is 6.48 Å². The summed E-state index contributed by atoms with van der Waals surface area (Å²) in [7, 11) is 0. The van der Waals surface area contributed by atoms with Gasteiger partial charge in [0.05, 0.1) is 0 Å². The summed E-state index contributed by atoms with van der Waals surface area (Å²) in [6, 6.07) is 18.3. The van der Waals surface area contributed by atoms with Crippen LogP contribution in [0, 0.1) is 17.5 Å². The number of piperidine rings is 1. The Morgan fingerprint density at radius 1 is 0.848 bits per heavy atom. The van der Waals surface area contributed by atoms with Gasteiger partial charge < -0.3 is 9.80 Å². The number of hydrogen-bond donors (Lipinski definition) is 0. The quantitative estimate of drug-likeness (QED) is 0.398. The first kappa shape index (κ1) is 23.4. The zero-order valence-corrected chi connectivity index (χ0v) is 18.9. The van der Waals surface area contributed by atoms with Gasteiger partial charge in [0.25, 0.3) is 0 Å². The van der Waals surface area contributed by atoms with E-state index in [0.29, 0.717) is 0 Å². The first-order valence-corrected chi connectivity index (χ1v) is 11.1. The molecule has 0 N–H and O–H groups in total. The molecule has 172 valence electrons. The van der Waals surface area contributed by atoms with Gasteiger partial charge in [0, 0.05) is 43.0 Å². The molecule has 6 heteroatoms. The van der Waals surface area contributed by atoms with Gasteiger partial charge in [-0.2, -0.15) is 0 Å². The van der Waals surface area contributed by atoms with E-state index in [9.17, 15) is 13.2 Å². The monoisotopic (exact) mass is 470 g/mol. The summed E-state index contributed by atoms with van der Waals surface area (Å²) >= 11 is 0. The van der Waals surface area contributed by atoms with Gasteiger partial charge >= 0.3 is 0 Å². The molecule has 0 saturated carbocycles. The normalized spacial score (nSPS) is 19.9. The highest BCUT2D eigenvalue weighted by Crippen LogP contribution is 2.48. The molecule has 2 aliphatic heterocycles. The number of benzene rings is 3. The molecular formula is C27H26ClF3N2. The van der Waals surface area contributed by atoms with E-state index in [1.54, 1.807) is 30.3 Å². The molecule has 0 bridgehead atoms. The molecule has 0 radical (unpaired) electrons. The molecule has 2 nitrogen and oxygen atoms in total. The van der Waals surface area contributed by atoms with Crippen LogP contribution in [0.1, 0.15) is 29.9 Å². The van der Waals surface area contributed by atoms with Crippen LogP contribution in [0.2, 0.25) is 0 Å². The van der Waals surface area contributed by atoms with Gasteiger partial charge in [-0.15, -0.1) is 12.4 Å². The van der Waals surface area contributed by atoms with Crippen molar-refractivity contribution in [2.24, 2.45) is 0 Å². The molecule has 3 aromatic rings. The SMILES string of the molecule is Cl.Fc1ccc(/C=C/CCN2CCC3C(C2)c2cc(F)ccc2N3c2ccc(F)cc2)cc1. The van der Waals surface area contributed by atoms with Gasteiger partial charge in [0.2, 0.25) is 0 Å². The third-order valence-corrected chi connectivity index (χ3v) is 6.54. The highest BCUT2D eigenvalue weighted by atomic mass is 35.5. The van der Waals surface area contributed by atoms with Gasteiger partial charge in [0.1, 0.15) is 17.5 Å². The number of hydrogen-bond acceptors (Lipinski definition) is 2. The zero-order chi connectivity index (χ0) is 22.1. The number of rotatable bonds is 5. The van der Waals surface area contributed by atoms with Crippen LogP contribution in [-0.2, 0) is 0 Å². The van der Waals surface area contributed by atoms with Crippen LogP contribution in [0.25, 0.3) is 6.08 Å². The lowest BCUT2D eigenvalue weighted by Crippen LogP contribution is -2.45. The lowest BCUT2D eigenvalue weighted by Gasteiger charge is -2.39. The Balaban J connectivity index is 0.00000259. The van der Waals surface area contributed by atoms with Crippen LogP contribution in [0.5, 0.6) is 0 Å². The first-order valence-electron chi connectivity index (χ1n) is 11.1. The van der Waals surface area contributed by atoms with Crippen LogP contribution < -0.4 is 4.90 Å². The van der Waals surface area contributed by atoms with Crippen LogP contribution >= 0.6 is 12.4 Å². The predicted molar refractivity (Wildman–Crippen MR) is 130 cm³/mol. The molecule has 2 unspecified atom stereocenters. The van der Waals surface area contributed by atoms with Crippen molar-refractivity contribution in [1.82, 2.24) is 4.90 Å². The molecule has 2 heterocycles. The molecule has 0 aromatic heterocycles. The maximum absolute atomic E-state index is 14.1. The van der Waals surface area contributed by atoms with E-state index in [1.807, 2.05) is 12.1 Å². The average Bonchev–Trinajstić information content (AvgIpc) is 3.11. The Morgan fingerprint density at radius 2 is 1.52 bits per heavy atom. The summed E-state index contributed by atoms with van der Waals surface area (Å²) in [5.41, 5.74) is 3.99. The van der Waals surface area contributed by atoms with Crippen molar-refractivity contribution in [2.45, 2.75) is 24.8 Å². The maximum atomic E-state index is 14.1. The smallest absolute Gasteiger partial charge is 0.123 e. The Labute approximate surface area is 198 Å². The first-order chi connectivity index (χ1) is 15.6. The fraction of sp³-hybridized carbons (Fsp3) is 0.259. The van der Waals surface area contributed by atoms with Crippen LogP contribution in [-0.4, -0.2) is 30.6 Å². The molecule has 0 spiro atoms. The fourth-order valence-corrected chi connectivity index (χ4v) is 5.03. The summed E-state index contributed by atoms with van der Waals surface area (Å²) in [5.74, 6) is -0.497. The molecule has 0 aliphatic carbocycles. The van der Waals surface area contributed by atoms with E-state index in [0.717, 1.165) is 55.0 Å². The Bertz CT molecular complexity index is 1120. The van der Waals surface area contributed by atoms with Crippen molar-refractivity contribution in [2.75, 3.05) is 24.5 Å². The van der Waals surface area contributed by atoms with Gasteiger partial charge in [0.15, 0.2) is 0 Å². The van der Waals surface area contributed by atoms with Crippen LogP contribution in [0.15, 0.2) is 72.8 Å². The van der Waals surface area contributed by atoms with E-state index >= 15 is 0 Å². The van der Waals surface area contributed by atoms with Gasteiger partial charge in [-0.05, 0) is 78.6 Å². The summed E-state index contributed by atoms with van der Waals surface area (Å²) in [4.78, 5) is 4.68. The number of nitrogens with zero attached hydrogens (tertiary/aromatic N) is 2. The van der Waals surface area contributed by atoms with E-state index in [4.69, 9.17) is 0 Å². The molecule has 1 saturated heterocycles. The average molecular weight is 471 g/mol. The lowest BCUT2D eigenvalue weighted by molar-refractivity contribution is 0.200. The predicted octanol–water partition coefficient (Wildman–Crippen LogP) is 6.94. The number of likely N-dealkylation sites (tertiary alicyclic amines) is 1. The second-order valence-electron chi connectivity index (χ2n) is 8.56. The minimum absolute atomic E-state index is 0. The summed E-state index contributed by atoms with van der Waals surface area (Å²) < 4.78 is 40.6. The summed E-state index contributed by atoms with van der Waals surface area (Å²) in [6.07, 6.45) is 5.99. The van der Waals surface area contributed by atoms with Crippen molar-refractivity contribution in [1.29, 1.82) is 0 Å².